The molecule has 0 aliphatic heterocycles. The number of nitrogens with two attached hydrogens (primary N) is 1. The summed E-state index contributed by atoms with van der Waals surface area (Å²) in [5, 5.41) is 0. The van der Waals surface area contributed by atoms with E-state index < -0.39 is 0 Å². The van der Waals surface area contributed by atoms with Crippen molar-refractivity contribution in [2.24, 2.45) is 5.73 Å². The average Bonchev–Trinajstić information content (AvgIpc) is 2.15. The van der Waals surface area contributed by atoms with E-state index in [0.717, 1.165) is 17.9 Å². The highest BCUT2D eigenvalue weighted by Gasteiger charge is 2.04. The van der Waals surface area contributed by atoms with Gasteiger partial charge in [-0.1, -0.05) is 12.2 Å². The molecule has 1 rings (SSSR count). The summed E-state index contributed by atoms with van der Waals surface area (Å²) in [6.45, 7) is 4.98. The van der Waals surface area contributed by atoms with Crippen LogP contribution in [-0.4, -0.2) is 23.6 Å². The van der Waals surface area contributed by atoms with Crippen LogP contribution in [0, 0.1) is 6.92 Å². The molecule has 0 amide bonds. The van der Waals surface area contributed by atoms with Crippen molar-refractivity contribution in [3.63, 3.8) is 0 Å². The van der Waals surface area contributed by atoms with Gasteiger partial charge in [0, 0.05) is 25.0 Å². The number of aryl methyl sites for hydroxylation is 1. The van der Waals surface area contributed by atoms with Crippen LogP contribution in [0.3, 0.4) is 0 Å². The fourth-order valence-electron chi connectivity index (χ4n) is 1.18. The van der Waals surface area contributed by atoms with E-state index in [-0.39, 0.29) is 0 Å². The maximum atomic E-state index is 5.54. The van der Waals surface area contributed by atoms with Crippen LogP contribution >= 0.6 is 12.2 Å². The SMILES string of the molecule is CCN(C)c1cc(C)nc(C(N)=S)c1. The largest absolute Gasteiger partial charge is 0.388 e. The first-order chi connectivity index (χ1) is 6.54. The molecule has 0 unspecified atom stereocenters. The van der Waals surface area contributed by atoms with Crippen molar-refractivity contribution in [1.29, 1.82) is 0 Å². The second-order valence-corrected chi connectivity index (χ2v) is 3.67. The van der Waals surface area contributed by atoms with E-state index in [0.29, 0.717) is 10.7 Å². The predicted molar refractivity (Wildman–Crippen MR) is 63.8 cm³/mol. The van der Waals surface area contributed by atoms with Gasteiger partial charge >= 0.3 is 0 Å². The standard InChI is InChI=1S/C10H15N3S/c1-4-13(3)8-5-7(2)12-9(6-8)10(11)14/h5-6H,4H2,1-3H3,(H2,11,14). The molecule has 3 nitrogen and oxygen atoms in total. The van der Waals surface area contributed by atoms with E-state index in [1.165, 1.54) is 0 Å². The summed E-state index contributed by atoms with van der Waals surface area (Å²) >= 11 is 4.90. The Morgan fingerprint density at radius 2 is 2.21 bits per heavy atom. The van der Waals surface area contributed by atoms with Crippen LogP contribution in [0.2, 0.25) is 0 Å². The zero-order chi connectivity index (χ0) is 10.7. The molecule has 2 N–H and O–H groups in total. The molecule has 0 aliphatic rings. The van der Waals surface area contributed by atoms with Crippen LogP contribution in [0.4, 0.5) is 5.69 Å². The zero-order valence-corrected chi connectivity index (χ0v) is 9.56. The predicted octanol–water partition coefficient (Wildman–Crippen LogP) is 1.48. The van der Waals surface area contributed by atoms with Gasteiger partial charge in [-0.15, -0.1) is 0 Å². The Kier molecular flexibility index (Phi) is 3.41. The van der Waals surface area contributed by atoms with Gasteiger partial charge in [-0.2, -0.15) is 0 Å². The van der Waals surface area contributed by atoms with E-state index in [1.54, 1.807) is 0 Å². The van der Waals surface area contributed by atoms with E-state index in [9.17, 15) is 0 Å². The summed E-state index contributed by atoms with van der Waals surface area (Å²) in [6.07, 6.45) is 0. The van der Waals surface area contributed by atoms with Gasteiger partial charge in [0.1, 0.15) is 4.99 Å². The van der Waals surface area contributed by atoms with Gasteiger partial charge in [0.15, 0.2) is 0 Å². The highest BCUT2D eigenvalue weighted by molar-refractivity contribution is 7.80. The molecule has 1 heterocycles. The number of hydrogen-bond acceptors (Lipinski definition) is 3. The third kappa shape index (κ3) is 2.42. The van der Waals surface area contributed by atoms with E-state index in [4.69, 9.17) is 18.0 Å². The Labute approximate surface area is 89.9 Å². The van der Waals surface area contributed by atoms with Gasteiger partial charge in [0.25, 0.3) is 0 Å². The normalized spacial score (nSPS) is 9.93. The van der Waals surface area contributed by atoms with Crippen molar-refractivity contribution < 1.29 is 0 Å². The monoisotopic (exact) mass is 209 g/mol. The van der Waals surface area contributed by atoms with Crippen molar-refractivity contribution >= 4 is 22.9 Å². The number of anilines is 1. The molecule has 0 atom stereocenters. The van der Waals surface area contributed by atoms with Crippen molar-refractivity contribution in [2.45, 2.75) is 13.8 Å². The Balaban J connectivity index is 3.13. The van der Waals surface area contributed by atoms with Crippen LogP contribution in [0.25, 0.3) is 0 Å². The second kappa shape index (κ2) is 4.37. The molecule has 0 aromatic carbocycles. The number of pyridine rings is 1. The highest BCUT2D eigenvalue weighted by Crippen LogP contribution is 2.14. The van der Waals surface area contributed by atoms with Gasteiger partial charge in [0.05, 0.1) is 5.69 Å². The zero-order valence-electron chi connectivity index (χ0n) is 8.74. The second-order valence-electron chi connectivity index (χ2n) is 3.23. The van der Waals surface area contributed by atoms with E-state index in [1.807, 2.05) is 26.1 Å². The fraction of sp³-hybridized carbons (Fsp3) is 0.400. The molecule has 76 valence electrons. The van der Waals surface area contributed by atoms with Gasteiger partial charge in [-0.05, 0) is 26.0 Å². The van der Waals surface area contributed by atoms with Crippen LogP contribution < -0.4 is 10.6 Å². The van der Waals surface area contributed by atoms with E-state index >= 15 is 0 Å². The van der Waals surface area contributed by atoms with Crippen molar-refractivity contribution in [3.05, 3.63) is 23.5 Å². The highest BCUT2D eigenvalue weighted by atomic mass is 32.1. The molecular formula is C10H15N3S. The number of thiocarbonyl (C=S) groups is 1. The minimum Gasteiger partial charge on any atom is -0.388 e. The molecule has 0 spiro atoms. The third-order valence-electron chi connectivity index (χ3n) is 2.11. The Bertz CT molecular complexity index is 349. The molecular weight excluding hydrogens is 194 g/mol. The molecule has 1 aromatic rings. The van der Waals surface area contributed by atoms with Gasteiger partial charge < -0.3 is 10.6 Å². The van der Waals surface area contributed by atoms with Crippen LogP contribution in [0.5, 0.6) is 0 Å². The van der Waals surface area contributed by atoms with E-state index in [2.05, 4.69) is 16.8 Å². The molecule has 0 saturated heterocycles. The summed E-state index contributed by atoms with van der Waals surface area (Å²) in [6, 6.07) is 3.93. The molecule has 0 bridgehead atoms. The first kappa shape index (κ1) is 10.9. The maximum absolute atomic E-state index is 5.54. The van der Waals surface area contributed by atoms with Gasteiger partial charge in [0.2, 0.25) is 0 Å². The molecule has 0 fully saturated rings. The Hall–Kier alpha value is -1.16. The van der Waals surface area contributed by atoms with Crippen LogP contribution in [-0.2, 0) is 0 Å². The van der Waals surface area contributed by atoms with Gasteiger partial charge in [-0.3, -0.25) is 4.98 Å². The molecule has 0 aliphatic carbocycles. The molecule has 0 radical (unpaired) electrons. The number of aromatic nitrogens is 1. The molecule has 0 saturated carbocycles. The first-order valence-corrected chi connectivity index (χ1v) is 4.95. The number of nitrogens with zero attached hydrogens (tertiary/aromatic N) is 2. The van der Waals surface area contributed by atoms with Gasteiger partial charge in [-0.25, -0.2) is 0 Å². The van der Waals surface area contributed by atoms with Crippen molar-refractivity contribution in [2.75, 3.05) is 18.5 Å². The van der Waals surface area contributed by atoms with Crippen molar-refractivity contribution in [3.8, 4) is 0 Å². The third-order valence-corrected chi connectivity index (χ3v) is 2.31. The molecule has 1 aromatic heterocycles. The molecule has 14 heavy (non-hydrogen) atoms. The van der Waals surface area contributed by atoms with Crippen molar-refractivity contribution in [1.82, 2.24) is 4.98 Å². The van der Waals surface area contributed by atoms with Crippen LogP contribution in [0.15, 0.2) is 12.1 Å². The summed E-state index contributed by atoms with van der Waals surface area (Å²) in [5.74, 6) is 0. The first-order valence-electron chi connectivity index (χ1n) is 4.54. The lowest BCUT2D eigenvalue weighted by Gasteiger charge is -2.17. The number of hydrogen-bond donors (Lipinski definition) is 1. The lowest BCUT2D eigenvalue weighted by molar-refractivity contribution is 0.960. The summed E-state index contributed by atoms with van der Waals surface area (Å²) in [4.78, 5) is 6.73. The maximum Gasteiger partial charge on any atom is 0.122 e. The fourth-order valence-corrected chi connectivity index (χ4v) is 1.28. The van der Waals surface area contributed by atoms with Crippen LogP contribution in [0.1, 0.15) is 18.3 Å². The topological polar surface area (TPSA) is 42.2 Å². The summed E-state index contributed by atoms with van der Waals surface area (Å²) in [7, 11) is 2.03. The smallest absolute Gasteiger partial charge is 0.122 e. The number of rotatable bonds is 3. The lowest BCUT2D eigenvalue weighted by atomic mass is 10.2. The Morgan fingerprint density at radius 1 is 1.57 bits per heavy atom. The minimum atomic E-state index is 0.347. The minimum absolute atomic E-state index is 0.347. The molecule has 4 heteroatoms. The lowest BCUT2D eigenvalue weighted by Crippen LogP contribution is -2.18. The Morgan fingerprint density at radius 3 is 2.71 bits per heavy atom. The quantitative estimate of drug-likeness (QED) is 0.766. The summed E-state index contributed by atoms with van der Waals surface area (Å²) in [5.41, 5.74) is 8.27. The summed E-state index contributed by atoms with van der Waals surface area (Å²) < 4.78 is 0. The average molecular weight is 209 g/mol.